The van der Waals surface area contributed by atoms with E-state index in [0.29, 0.717) is 23.7 Å². The minimum Gasteiger partial charge on any atom is -0.383 e. The Morgan fingerprint density at radius 2 is 1.93 bits per heavy atom. The number of fused-ring (bicyclic) bond motifs is 1. The topological polar surface area (TPSA) is 85.0 Å². The lowest BCUT2D eigenvalue weighted by molar-refractivity contribution is -0.134. The molecular weight excluding hydrogens is 338 g/mol. The van der Waals surface area contributed by atoms with E-state index >= 15 is 0 Å². The van der Waals surface area contributed by atoms with Gasteiger partial charge in [0.15, 0.2) is 5.65 Å². The molecule has 1 fully saturated rings. The van der Waals surface area contributed by atoms with Gasteiger partial charge in [-0.25, -0.2) is 15.0 Å². The third-order valence-corrected chi connectivity index (χ3v) is 5.09. The molecule has 6 nitrogen and oxygen atoms in total. The van der Waals surface area contributed by atoms with Crippen LogP contribution in [-0.2, 0) is 11.2 Å². The quantitative estimate of drug-likeness (QED) is 0.774. The number of likely N-dealkylation sites (tertiary alicyclic amines) is 1. The molecule has 1 amide bonds. The molecule has 0 spiro atoms. The number of piperidine rings is 1. The highest BCUT2D eigenvalue weighted by atomic mass is 16.2. The number of hydrogen-bond acceptors (Lipinski definition) is 5. The molecule has 6 heteroatoms. The molecule has 138 valence electrons. The van der Waals surface area contributed by atoms with Gasteiger partial charge in [-0.15, -0.1) is 0 Å². The average Bonchev–Trinajstić information content (AvgIpc) is 2.68. The molecule has 1 aliphatic rings. The second-order valence-corrected chi connectivity index (χ2v) is 7.02. The van der Waals surface area contributed by atoms with Gasteiger partial charge in [-0.2, -0.15) is 0 Å². The first kappa shape index (κ1) is 17.4. The van der Waals surface area contributed by atoms with Crippen LogP contribution in [-0.4, -0.2) is 32.3 Å². The van der Waals surface area contributed by atoms with E-state index in [2.05, 4.69) is 9.97 Å². The molecule has 3 heterocycles. The highest BCUT2D eigenvalue weighted by Crippen LogP contribution is 2.31. The van der Waals surface area contributed by atoms with Crippen LogP contribution in [0.4, 0.5) is 5.82 Å². The highest BCUT2D eigenvalue weighted by molar-refractivity contribution is 5.85. The number of hydrogen-bond donors (Lipinski definition) is 1. The molecule has 1 atom stereocenters. The molecule has 0 bridgehead atoms. The van der Waals surface area contributed by atoms with E-state index in [1.165, 1.54) is 0 Å². The summed E-state index contributed by atoms with van der Waals surface area (Å²) in [4.78, 5) is 28.3. The first-order chi connectivity index (χ1) is 13.1. The number of nitrogen functional groups attached to an aromatic ring is 1. The fourth-order valence-corrected chi connectivity index (χ4v) is 3.76. The van der Waals surface area contributed by atoms with Gasteiger partial charge in [0.2, 0.25) is 5.91 Å². The molecule has 27 heavy (non-hydrogen) atoms. The molecule has 0 saturated carbocycles. The molecule has 0 unspecified atom stereocenters. The summed E-state index contributed by atoms with van der Waals surface area (Å²) >= 11 is 0. The number of benzene rings is 1. The van der Waals surface area contributed by atoms with Gasteiger partial charge in [-0.05, 0) is 43.9 Å². The average molecular weight is 361 g/mol. The van der Waals surface area contributed by atoms with Gasteiger partial charge in [-0.3, -0.25) is 4.79 Å². The SMILES string of the molecule is Cc1nc(N)c2ccc([C@H]3CCCCN3C(=O)Cc3ccccc3)nc2n1. The van der Waals surface area contributed by atoms with Crippen molar-refractivity contribution in [2.45, 2.75) is 38.6 Å². The number of carbonyl (C=O) groups is 1. The molecule has 4 rings (SSSR count). The standard InChI is InChI=1S/C21H23N5O/c1-14-23-20(22)16-10-11-17(25-21(16)24-14)18-9-5-6-12-26(18)19(27)13-15-7-3-2-4-8-15/h2-4,7-8,10-11,18H,5-6,9,12-13H2,1H3,(H2,22,23,24,25)/t18-/m1/s1. The van der Waals surface area contributed by atoms with Crippen LogP contribution in [0.25, 0.3) is 11.0 Å². The Balaban J connectivity index is 1.64. The summed E-state index contributed by atoms with van der Waals surface area (Å²) in [7, 11) is 0. The van der Waals surface area contributed by atoms with Gasteiger partial charge in [0, 0.05) is 6.54 Å². The van der Waals surface area contributed by atoms with Crippen molar-refractivity contribution in [3.63, 3.8) is 0 Å². The number of carbonyl (C=O) groups excluding carboxylic acids is 1. The van der Waals surface area contributed by atoms with Crippen LogP contribution in [0.3, 0.4) is 0 Å². The molecule has 3 aromatic rings. The Bertz CT molecular complexity index is 973. The van der Waals surface area contributed by atoms with E-state index in [1.807, 2.05) is 47.4 Å². The van der Waals surface area contributed by atoms with Crippen molar-refractivity contribution >= 4 is 22.8 Å². The summed E-state index contributed by atoms with van der Waals surface area (Å²) in [6, 6.07) is 13.7. The molecule has 0 aliphatic carbocycles. The molecule has 2 aromatic heterocycles. The first-order valence-corrected chi connectivity index (χ1v) is 9.36. The predicted octanol–water partition coefficient (Wildman–Crippen LogP) is 3.21. The molecule has 1 aliphatic heterocycles. The van der Waals surface area contributed by atoms with Crippen molar-refractivity contribution in [3.05, 3.63) is 59.5 Å². The van der Waals surface area contributed by atoms with Crippen LogP contribution in [0.1, 0.15) is 42.4 Å². The fourth-order valence-electron chi connectivity index (χ4n) is 3.76. The summed E-state index contributed by atoms with van der Waals surface area (Å²) in [6.07, 6.45) is 3.45. The van der Waals surface area contributed by atoms with Crippen LogP contribution in [0, 0.1) is 6.92 Å². The van der Waals surface area contributed by atoms with Gasteiger partial charge in [-0.1, -0.05) is 30.3 Å². The smallest absolute Gasteiger partial charge is 0.227 e. The summed E-state index contributed by atoms with van der Waals surface area (Å²) in [5, 5.41) is 0.752. The minimum atomic E-state index is -0.0177. The van der Waals surface area contributed by atoms with Crippen molar-refractivity contribution in [3.8, 4) is 0 Å². The van der Waals surface area contributed by atoms with Crippen molar-refractivity contribution in [1.29, 1.82) is 0 Å². The number of amides is 1. The van der Waals surface area contributed by atoms with Gasteiger partial charge in [0.1, 0.15) is 11.6 Å². The van der Waals surface area contributed by atoms with Crippen LogP contribution in [0.2, 0.25) is 0 Å². The lowest BCUT2D eigenvalue weighted by Gasteiger charge is -2.35. The van der Waals surface area contributed by atoms with Crippen molar-refractivity contribution in [2.75, 3.05) is 12.3 Å². The van der Waals surface area contributed by atoms with Crippen molar-refractivity contribution in [1.82, 2.24) is 19.9 Å². The van der Waals surface area contributed by atoms with Crippen LogP contribution in [0.15, 0.2) is 42.5 Å². The normalized spacial score (nSPS) is 17.2. The summed E-state index contributed by atoms with van der Waals surface area (Å²) in [5.41, 5.74) is 8.50. The van der Waals surface area contributed by atoms with Crippen LogP contribution >= 0.6 is 0 Å². The summed E-state index contributed by atoms with van der Waals surface area (Å²) in [5.74, 6) is 1.19. The number of nitrogens with two attached hydrogens (primary N) is 1. The second-order valence-electron chi connectivity index (χ2n) is 7.02. The Hall–Kier alpha value is -3.02. The largest absolute Gasteiger partial charge is 0.383 e. The Morgan fingerprint density at radius 1 is 1.11 bits per heavy atom. The van der Waals surface area contributed by atoms with Crippen molar-refractivity contribution in [2.24, 2.45) is 0 Å². The van der Waals surface area contributed by atoms with E-state index in [1.54, 1.807) is 6.92 Å². The Kier molecular flexibility index (Phi) is 4.71. The van der Waals surface area contributed by atoms with E-state index in [9.17, 15) is 4.79 Å². The zero-order valence-electron chi connectivity index (χ0n) is 15.4. The molecule has 1 saturated heterocycles. The Labute approximate surface area is 158 Å². The van der Waals surface area contributed by atoms with Gasteiger partial charge >= 0.3 is 0 Å². The van der Waals surface area contributed by atoms with Crippen LogP contribution in [0.5, 0.6) is 0 Å². The maximum atomic E-state index is 13.0. The lowest BCUT2D eigenvalue weighted by atomic mass is 9.97. The van der Waals surface area contributed by atoms with Crippen molar-refractivity contribution < 1.29 is 4.79 Å². The van der Waals surface area contributed by atoms with E-state index < -0.39 is 0 Å². The third kappa shape index (κ3) is 3.60. The first-order valence-electron chi connectivity index (χ1n) is 9.36. The highest BCUT2D eigenvalue weighted by Gasteiger charge is 2.29. The summed E-state index contributed by atoms with van der Waals surface area (Å²) < 4.78 is 0. The van der Waals surface area contributed by atoms with E-state index in [-0.39, 0.29) is 11.9 Å². The second kappa shape index (κ2) is 7.31. The van der Waals surface area contributed by atoms with Crippen LogP contribution < -0.4 is 5.73 Å². The predicted molar refractivity (Wildman–Crippen MR) is 105 cm³/mol. The lowest BCUT2D eigenvalue weighted by Crippen LogP contribution is -2.39. The number of aryl methyl sites for hydroxylation is 1. The number of anilines is 1. The zero-order chi connectivity index (χ0) is 18.8. The third-order valence-electron chi connectivity index (χ3n) is 5.09. The maximum absolute atomic E-state index is 13.0. The van der Waals surface area contributed by atoms with E-state index in [0.717, 1.165) is 42.5 Å². The molecule has 2 N–H and O–H groups in total. The van der Waals surface area contributed by atoms with Gasteiger partial charge in [0.25, 0.3) is 0 Å². The monoisotopic (exact) mass is 361 g/mol. The van der Waals surface area contributed by atoms with Gasteiger partial charge < -0.3 is 10.6 Å². The molecule has 1 aromatic carbocycles. The van der Waals surface area contributed by atoms with E-state index in [4.69, 9.17) is 10.7 Å². The fraction of sp³-hybridized carbons (Fsp3) is 0.333. The number of aromatic nitrogens is 3. The Morgan fingerprint density at radius 3 is 2.74 bits per heavy atom. The van der Waals surface area contributed by atoms with Gasteiger partial charge in [0.05, 0.1) is 23.5 Å². The summed E-state index contributed by atoms with van der Waals surface area (Å²) in [6.45, 7) is 2.57. The molecule has 0 radical (unpaired) electrons. The molecular formula is C21H23N5O. The minimum absolute atomic E-state index is 0.0177. The number of rotatable bonds is 3. The number of pyridine rings is 1. The maximum Gasteiger partial charge on any atom is 0.227 e. The zero-order valence-corrected chi connectivity index (χ0v) is 15.4. The number of nitrogens with zero attached hydrogens (tertiary/aromatic N) is 4.